The summed E-state index contributed by atoms with van der Waals surface area (Å²) in [6.07, 6.45) is 6.05. The van der Waals surface area contributed by atoms with E-state index in [1.54, 1.807) is 25.1 Å². The number of ether oxygens (including phenoxy) is 2. The molecule has 3 aliphatic rings. The van der Waals surface area contributed by atoms with Crippen LogP contribution in [0.5, 0.6) is 11.5 Å². The number of hydrogen-bond donors (Lipinski definition) is 2. The van der Waals surface area contributed by atoms with Crippen molar-refractivity contribution in [2.45, 2.75) is 77.0 Å². The number of amides is 2. The van der Waals surface area contributed by atoms with Crippen LogP contribution in [0.2, 0.25) is 5.02 Å². The van der Waals surface area contributed by atoms with Crippen molar-refractivity contribution in [3.63, 3.8) is 0 Å². The number of allylic oxidation sites excluding steroid dienone is 1. The Morgan fingerprint density at radius 1 is 1.07 bits per heavy atom. The Labute approximate surface area is 270 Å². The maximum atomic E-state index is 13.1. The van der Waals surface area contributed by atoms with E-state index in [2.05, 4.69) is 29.3 Å². The average molecular weight is 660 g/mol. The van der Waals surface area contributed by atoms with Crippen LogP contribution in [0.4, 0.5) is 0 Å². The molecule has 2 atom stereocenters. The normalized spacial score (nSPS) is 24.4. The van der Waals surface area contributed by atoms with E-state index in [1.807, 2.05) is 33.8 Å². The molecule has 1 fully saturated rings. The predicted molar refractivity (Wildman–Crippen MR) is 174 cm³/mol. The van der Waals surface area contributed by atoms with Gasteiger partial charge in [-0.3, -0.25) is 14.1 Å². The number of carbonyl (C=O) groups excluding carboxylic acids is 2. The number of halogens is 1. The highest BCUT2D eigenvalue weighted by atomic mass is 35.5. The van der Waals surface area contributed by atoms with Crippen LogP contribution in [-0.2, 0) is 14.9 Å². The van der Waals surface area contributed by atoms with Crippen molar-refractivity contribution < 1.29 is 32.0 Å². The maximum absolute atomic E-state index is 13.1. The molecule has 0 radical (unpaired) electrons. The summed E-state index contributed by atoms with van der Waals surface area (Å²) in [5.41, 5.74) is 3.62. The van der Waals surface area contributed by atoms with Gasteiger partial charge in [0, 0.05) is 42.3 Å². The summed E-state index contributed by atoms with van der Waals surface area (Å²) in [5.74, 6) is -0.553. The van der Waals surface area contributed by atoms with Gasteiger partial charge in [-0.15, -0.1) is 0 Å². The van der Waals surface area contributed by atoms with Crippen LogP contribution < -0.4 is 14.8 Å². The number of hydrogen-bond acceptors (Lipinski definition) is 7. The van der Waals surface area contributed by atoms with Gasteiger partial charge >= 0.3 is 0 Å². The zero-order chi connectivity index (χ0) is 33.3. The molecule has 0 bridgehead atoms. The summed E-state index contributed by atoms with van der Waals surface area (Å²) in [6.45, 7) is 9.49. The van der Waals surface area contributed by atoms with Crippen molar-refractivity contribution in [2.24, 2.45) is 16.8 Å². The van der Waals surface area contributed by atoms with Gasteiger partial charge in [0.05, 0.1) is 15.8 Å². The highest BCUT2D eigenvalue weighted by Gasteiger charge is 2.47. The van der Waals surface area contributed by atoms with Crippen molar-refractivity contribution in [1.82, 2.24) is 10.2 Å². The monoisotopic (exact) mass is 659 g/mol. The molecule has 2 N–H and O–H groups in total. The number of fused-ring (bicyclic) bond motifs is 1. The fourth-order valence-electron chi connectivity index (χ4n) is 6.02. The SMILES string of the molecule is CC1=CC(C)=NC(=O)C1CNC(=O)c1cc(Cl)c2c(c1C)O[C@@](C)(C1CCC(N(C)C)CC1)O2.Cc1ccc(S(=O)(=O)O)cc1. The molecule has 0 spiro atoms. The number of dihydropyridines is 1. The number of aryl methyl sites for hydroxylation is 1. The molecule has 1 aliphatic carbocycles. The first-order valence-corrected chi connectivity index (χ1v) is 16.8. The van der Waals surface area contributed by atoms with E-state index < -0.39 is 21.8 Å². The minimum Gasteiger partial charge on any atom is -0.448 e. The van der Waals surface area contributed by atoms with Crippen LogP contribution >= 0.6 is 11.6 Å². The van der Waals surface area contributed by atoms with Crippen LogP contribution in [0.1, 0.15) is 67.9 Å². The quantitative estimate of drug-likeness (QED) is 0.372. The lowest BCUT2D eigenvalue weighted by atomic mass is 9.81. The van der Waals surface area contributed by atoms with Crippen LogP contribution in [0.25, 0.3) is 0 Å². The summed E-state index contributed by atoms with van der Waals surface area (Å²) >= 11 is 6.56. The van der Waals surface area contributed by atoms with Gasteiger partial charge in [0.15, 0.2) is 11.5 Å². The molecule has 2 amide bonds. The third-order valence-electron chi connectivity index (χ3n) is 8.82. The molecular formula is C33H42ClN3O7S. The standard InChI is InChI=1S/C26H34ClN3O4.C7H8O3S/c1-14-11-15(2)29-25(32)20(14)13-28-24(31)19-12-21(27)23-22(16(19)3)33-26(4,34-23)17-7-9-18(10-8-17)30(5)6;1-6-2-4-7(5-3-6)11(8,9)10/h11-12,17-18,20H,7-10,13H2,1-6H3,(H,28,31);2-5H,1H3,(H,8,9,10)/t17?,18?,20?,26-;/m1./s1. The van der Waals surface area contributed by atoms with E-state index in [9.17, 15) is 18.0 Å². The summed E-state index contributed by atoms with van der Waals surface area (Å²) < 4.78 is 42.2. The molecule has 244 valence electrons. The lowest BCUT2D eigenvalue weighted by Gasteiger charge is -2.39. The number of nitrogens with zero attached hydrogens (tertiary/aromatic N) is 2. The van der Waals surface area contributed by atoms with Gasteiger partial charge < -0.3 is 19.7 Å². The summed E-state index contributed by atoms with van der Waals surface area (Å²) in [6, 6.07) is 8.19. The molecule has 2 aliphatic heterocycles. The number of nitrogens with one attached hydrogen (secondary N) is 1. The Hall–Kier alpha value is -3.25. The van der Waals surface area contributed by atoms with E-state index in [-0.39, 0.29) is 29.2 Å². The first kappa shape index (κ1) is 34.6. The average Bonchev–Trinajstić information content (AvgIpc) is 3.34. The minimum absolute atomic E-state index is 0.0666. The van der Waals surface area contributed by atoms with Gasteiger partial charge in [0.1, 0.15) is 0 Å². The van der Waals surface area contributed by atoms with Gasteiger partial charge in [-0.1, -0.05) is 34.9 Å². The molecule has 12 heteroatoms. The van der Waals surface area contributed by atoms with Crippen molar-refractivity contribution in [2.75, 3.05) is 20.6 Å². The van der Waals surface area contributed by atoms with Crippen LogP contribution in [0.15, 0.2) is 51.9 Å². The minimum atomic E-state index is -4.02. The topological polar surface area (TPSA) is 135 Å². The third kappa shape index (κ3) is 7.95. The molecule has 10 nitrogen and oxygen atoms in total. The summed E-state index contributed by atoms with van der Waals surface area (Å²) in [7, 11) is 0.224. The molecule has 45 heavy (non-hydrogen) atoms. The Kier molecular flexibility index (Phi) is 10.5. The van der Waals surface area contributed by atoms with Gasteiger partial charge in [-0.05, 0) is 91.7 Å². The molecule has 2 heterocycles. The number of aliphatic imine (C=N–C) groups is 1. The second kappa shape index (κ2) is 13.6. The van der Waals surface area contributed by atoms with Crippen molar-refractivity contribution in [3.8, 4) is 11.5 Å². The second-order valence-electron chi connectivity index (χ2n) is 12.4. The fraction of sp³-hybridized carbons (Fsp3) is 0.485. The van der Waals surface area contributed by atoms with Crippen LogP contribution in [0.3, 0.4) is 0 Å². The summed E-state index contributed by atoms with van der Waals surface area (Å²) in [4.78, 5) is 31.6. The van der Waals surface area contributed by atoms with Crippen molar-refractivity contribution in [1.29, 1.82) is 0 Å². The van der Waals surface area contributed by atoms with Gasteiger partial charge in [-0.25, -0.2) is 4.99 Å². The highest BCUT2D eigenvalue weighted by molar-refractivity contribution is 7.85. The van der Waals surface area contributed by atoms with Crippen LogP contribution in [-0.4, -0.2) is 67.9 Å². The first-order valence-electron chi connectivity index (χ1n) is 15.0. The highest BCUT2D eigenvalue weighted by Crippen LogP contribution is 2.51. The molecule has 5 rings (SSSR count). The first-order chi connectivity index (χ1) is 21.0. The van der Waals surface area contributed by atoms with E-state index in [0.29, 0.717) is 39.4 Å². The van der Waals surface area contributed by atoms with Gasteiger partial charge in [0.2, 0.25) is 0 Å². The lowest BCUT2D eigenvalue weighted by molar-refractivity contribution is -0.123. The van der Waals surface area contributed by atoms with Gasteiger partial charge in [0.25, 0.3) is 27.7 Å². The zero-order valence-electron chi connectivity index (χ0n) is 26.8. The van der Waals surface area contributed by atoms with Crippen molar-refractivity contribution >= 4 is 39.2 Å². The number of carbonyl (C=O) groups is 2. The smallest absolute Gasteiger partial charge is 0.294 e. The number of benzene rings is 2. The van der Waals surface area contributed by atoms with E-state index in [0.717, 1.165) is 36.8 Å². The Morgan fingerprint density at radius 3 is 2.22 bits per heavy atom. The van der Waals surface area contributed by atoms with E-state index >= 15 is 0 Å². The summed E-state index contributed by atoms with van der Waals surface area (Å²) in [5, 5.41) is 3.22. The molecule has 2 aromatic rings. The lowest BCUT2D eigenvalue weighted by Crippen LogP contribution is -2.46. The molecular weight excluding hydrogens is 618 g/mol. The zero-order valence-corrected chi connectivity index (χ0v) is 28.4. The molecule has 1 saturated carbocycles. The Morgan fingerprint density at radius 2 is 1.67 bits per heavy atom. The van der Waals surface area contributed by atoms with E-state index in [1.165, 1.54) is 12.1 Å². The van der Waals surface area contributed by atoms with Crippen LogP contribution in [0, 0.1) is 25.7 Å². The maximum Gasteiger partial charge on any atom is 0.294 e. The molecule has 0 aromatic heterocycles. The Balaban J connectivity index is 0.000000354. The third-order valence-corrected chi connectivity index (χ3v) is 9.97. The molecule has 1 unspecified atom stereocenters. The Bertz CT molecular complexity index is 1630. The predicted octanol–water partition coefficient (Wildman–Crippen LogP) is 5.79. The molecule has 2 aromatic carbocycles. The van der Waals surface area contributed by atoms with Crippen molar-refractivity contribution in [3.05, 3.63) is 63.7 Å². The fourth-order valence-corrected chi connectivity index (χ4v) is 6.74. The van der Waals surface area contributed by atoms with Gasteiger partial charge in [-0.2, -0.15) is 8.42 Å². The molecule has 0 saturated heterocycles. The van der Waals surface area contributed by atoms with E-state index in [4.69, 9.17) is 25.6 Å². The largest absolute Gasteiger partial charge is 0.448 e. The second-order valence-corrected chi connectivity index (χ2v) is 14.2. The number of rotatable bonds is 6.